The van der Waals surface area contributed by atoms with Gasteiger partial charge < -0.3 is 14.9 Å². The van der Waals surface area contributed by atoms with Crippen LogP contribution in [0.4, 0.5) is 0 Å². The summed E-state index contributed by atoms with van der Waals surface area (Å²) in [5, 5.41) is 9.71. The first-order chi connectivity index (χ1) is 9.11. The van der Waals surface area contributed by atoms with E-state index in [1.807, 2.05) is 11.8 Å². The lowest BCUT2D eigenvalue weighted by Gasteiger charge is -2.39. The molecular formula is C14H27N3O2. The van der Waals surface area contributed by atoms with Gasteiger partial charge in [-0.1, -0.05) is 6.92 Å². The number of piperidine rings is 1. The number of likely N-dealkylation sites (tertiary alicyclic amines) is 1. The van der Waals surface area contributed by atoms with Crippen LogP contribution in [0.3, 0.4) is 0 Å². The monoisotopic (exact) mass is 269 g/mol. The quantitative estimate of drug-likeness (QED) is 0.783. The Morgan fingerprint density at radius 3 is 2.53 bits per heavy atom. The summed E-state index contributed by atoms with van der Waals surface area (Å²) in [4.78, 5) is 19.0. The molecule has 0 saturated carbocycles. The summed E-state index contributed by atoms with van der Waals surface area (Å²) < 4.78 is 0. The zero-order valence-electron chi connectivity index (χ0n) is 12.2. The molecule has 2 aliphatic rings. The number of hydrogen-bond acceptors (Lipinski definition) is 4. The number of β-amino-alcohol motifs (C(OH)–C–C–N with tert-alkyl or cyclic N) is 1. The van der Waals surface area contributed by atoms with Crippen LogP contribution in [0.2, 0.25) is 0 Å². The molecule has 19 heavy (non-hydrogen) atoms. The molecule has 1 N–H and O–H groups in total. The molecule has 0 bridgehead atoms. The summed E-state index contributed by atoms with van der Waals surface area (Å²) in [5.74, 6) is 0.227. The lowest BCUT2D eigenvalue weighted by molar-refractivity contribution is -0.139. The normalized spacial score (nSPS) is 28.4. The molecule has 0 radical (unpaired) electrons. The summed E-state index contributed by atoms with van der Waals surface area (Å²) in [6, 6.07) is -0.0943. The third kappa shape index (κ3) is 3.68. The highest BCUT2D eigenvalue weighted by Gasteiger charge is 2.30. The van der Waals surface area contributed by atoms with E-state index in [4.69, 9.17) is 0 Å². The summed E-state index contributed by atoms with van der Waals surface area (Å²) in [6.07, 6.45) is 1.59. The molecule has 2 unspecified atom stereocenters. The Kier molecular flexibility index (Phi) is 5.19. The average molecular weight is 269 g/mol. The van der Waals surface area contributed by atoms with Crippen molar-refractivity contribution in [3.8, 4) is 0 Å². The molecule has 5 heteroatoms. The molecule has 0 aromatic carbocycles. The Morgan fingerprint density at radius 2 is 1.95 bits per heavy atom. The van der Waals surface area contributed by atoms with Crippen molar-refractivity contribution in [2.45, 2.75) is 38.8 Å². The number of aliphatic hydroxyl groups excluding tert-OH is 1. The molecule has 110 valence electrons. The van der Waals surface area contributed by atoms with Crippen LogP contribution in [0.25, 0.3) is 0 Å². The fourth-order valence-electron chi connectivity index (χ4n) is 3.04. The Labute approximate surface area is 116 Å². The lowest BCUT2D eigenvalue weighted by Crippen LogP contribution is -2.55. The van der Waals surface area contributed by atoms with E-state index in [0.717, 1.165) is 52.1 Å². The van der Waals surface area contributed by atoms with E-state index in [1.165, 1.54) is 0 Å². The van der Waals surface area contributed by atoms with Gasteiger partial charge in [0.2, 0.25) is 5.91 Å². The van der Waals surface area contributed by atoms with E-state index in [0.29, 0.717) is 6.54 Å². The summed E-state index contributed by atoms with van der Waals surface area (Å²) >= 11 is 0. The fourth-order valence-corrected chi connectivity index (χ4v) is 3.04. The molecule has 5 nitrogen and oxygen atoms in total. The molecule has 2 aliphatic heterocycles. The standard InChI is InChI=1S/C14H27N3O2/c1-3-15-7-9-16(10-8-15)14(19)12(2)17-6-4-5-13(18)11-17/h12-13,18H,3-11H2,1-2H3. The van der Waals surface area contributed by atoms with E-state index in [9.17, 15) is 9.90 Å². The van der Waals surface area contributed by atoms with Gasteiger partial charge in [-0.05, 0) is 32.9 Å². The molecule has 2 fully saturated rings. The first-order valence-corrected chi connectivity index (χ1v) is 7.55. The van der Waals surface area contributed by atoms with Crippen molar-refractivity contribution in [2.75, 3.05) is 45.8 Å². The van der Waals surface area contributed by atoms with Gasteiger partial charge in [-0.3, -0.25) is 9.69 Å². The maximum absolute atomic E-state index is 12.5. The minimum Gasteiger partial charge on any atom is -0.392 e. The van der Waals surface area contributed by atoms with Gasteiger partial charge in [0.05, 0.1) is 12.1 Å². The van der Waals surface area contributed by atoms with Crippen molar-refractivity contribution >= 4 is 5.91 Å². The van der Waals surface area contributed by atoms with Crippen molar-refractivity contribution in [2.24, 2.45) is 0 Å². The topological polar surface area (TPSA) is 47.0 Å². The van der Waals surface area contributed by atoms with Crippen LogP contribution in [0.15, 0.2) is 0 Å². The largest absolute Gasteiger partial charge is 0.392 e. The Bertz CT molecular complexity index is 303. The molecule has 0 aromatic heterocycles. The second kappa shape index (κ2) is 6.68. The van der Waals surface area contributed by atoms with Crippen LogP contribution in [-0.4, -0.2) is 83.7 Å². The van der Waals surface area contributed by atoms with Gasteiger partial charge in [0.1, 0.15) is 0 Å². The molecule has 1 amide bonds. The number of carbonyl (C=O) groups is 1. The number of rotatable bonds is 3. The SMILES string of the molecule is CCN1CCN(C(=O)C(C)N2CCCC(O)C2)CC1. The van der Waals surface area contributed by atoms with Gasteiger partial charge in [0.25, 0.3) is 0 Å². The molecule has 0 aliphatic carbocycles. The van der Waals surface area contributed by atoms with Crippen molar-refractivity contribution in [3.63, 3.8) is 0 Å². The summed E-state index contributed by atoms with van der Waals surface area (Å²) in [5.41, 5.74) is 0. The van der Waals surface area contributed by atoms with Gasteiger partial charge in [-0.15, -0.1) is 0 Å². The van der Waals surface area contributed by atoms with Crippen LogP contribution in [-0.2, 0) is 4.79 Å². The number of piperazine rings is 1. The Morgan fingerprint density at radius 1 is 1.26 bits per heavy atom. The third-order valence-electron chi connectivity index (χ3n) is 4.46. The molecule has 0 spiro atoms. The summed E-state index contributed by atoms with van der Waals surface area (Å²) in [7, 11) is 0. The lowest BCUT2D eigenvalue weighted by atomic mass is 10.1. The molecule has 2 rings (SSSR count). The van der Waals surface area contributed by atoms with Crippen molar-refractivity contribution in [1.82, 2.24) is 14.7 Å². The van der Waals surface area contributed by atoms with Crippen molar-refractivity contribution in [1.29, 1.82) is 0 Å². The van der Waals surface area contributed by atoms with E-state index >= 15 is 0 Å². The third-order valence-corrected chi connectivity index (χ3v) is 4.46. The number of nitrogens with zero attached hydrogens (tertiary/aromatic N) is 3. The number of aliphatic hydroxyl groups is 1. The van der Waals surface area contributed by atoms with Gasteiger partial charge >= 0.3 is 0 Å². The molecule has 0 aromatic rings. The summed E-state index contributed by atoms with van der Waals surface area (Å²) in [6.45, 7) is 10.4. The van der Waals surface area contributed by atoms with E-state index in [-0.39, 0.29) is 18.1 Å². The minimum atomic E-state index is -0.263. The van der Waals surface area contributed by atoms with Crippen LogP contribution >= 0.6 is 0 Å². The highest BCUT2D eigenvalue weighted by Crippen LogP contribution is 2.15. The van der Waals surface area contributed by atoms with Crippen LogP contribution in [0, 0.1) is 0 Å². The number of likely N-dealkylation sites (N-methyl/N-ethyl adjacent to an activating group) is 1. The molecular weight excluding hydrogens is 242 g/mol. The maximum atomic E-state index is 12.5. The Hall–Kier alpha value is -0.650. The second-order valence-corrected chi connectivity index (χ2v) is 5.73. The predicted octanol–water partition coefficient (Wildman–Crippen LogP) is -0.00430. The number of hydrogen-bond donors (Lipinski definition) is 1. The van der Waals surface area contributed by atoms with Crippen LogP contribution in [0.5, 0.6) is 0 Å². The highest BCUT2D eigenvalue weighted by molar-refractivity contribution is 5.81. The van der Waals surface area contributed by atoms with E-state index < -0.39 is 0 Å². The number of carbonyl (C=O) groups excluding carboxylic acids is 1. The highest BCUT2D eigenvalue weighted by atomic mass is 16.3. The van der Waals surface area contributed by atoms with E-state index in [2.05, 4.69) is 16.7 Å². The van der Waals surface area contributed by atoms with Gasteiger partial charge in [0.15, 0.2) is 0 Å². The predicted molar refractivity (Wildman–Crippen MR) is 75.0 cm³/mol. The first-order valence-electron chi connectivity index (χ1n) is 7.55. The molecule has 2 atom stereocenters. The fraction of sp³-hybridized carbons (Fsp3) is 0.929. The van der Waals surface area contributed by atoms with Gasteiger partial charge in [-0.2, -0.15) is 0 Å². The first kappa shape index (κ1) is 14.8. The van der Waals surface area contributed by atoms with E-state index in [1.54, 1.807) is 0 Å². The van der Waals surface area contributed by atoms with Crippen LogP contribution in [0.1, 0.15) is 26.7 Å². The Balaban J connectivity index is 1.85. The van der Waals surface area contributed by atoms with Gasteiger partial charge in [0, 0.05) is 32.7 Å². The van der Waals surface area contributed by atoms with Crippen molar-refractivity contribution < 1.29 is 9.90 Å². The molecule has 2 heterocycles. The zero-order chi connectivity index (χ0) is 13.8. The maximum Gasteiger partial charge on any atom is 0.239 e. The van der Waals surface area contributed by atoms with Crippen LogP contribution < -0.4 is 0 Å². The smallest absolute Gasteiger partial charge is 0.239 e. The second-order valence-electron chi connectivity index (χ2n) is 5.73. The average Bonchev–Trinajstić information content (AvgIpc) is 2.46. The zero-order valence-corrected chi connectivity index (χ0v) is 12.2. The number of amides is 1. The van der Waals surface area contributed by atoms with Gasteiger partial charge in [-0.25, -0.2) is 0 Å². The molecule has 2 saturated heterocycles. The van der Waals surface area contributed by atoms with Crippen molar-refractivity contribution in [3.05, 3.63) is 0 Å². The minimum absolute atomic E-state index is 0.0943.